The molecule has 0 aromatic heterocycles. The molecule has 0 saturated heterocycles. The number of phenolic OH excluding ortho intramolecular Hbond substituents is 2. The van der Waals surface area contributed by atoms with E-state index in [0.717, 1.165) is 46.2 Å². The number of phenols is 2. The Bertz CT molecular complexity index is 1460. The van der Waals surface area contributed by atoms with Crippen LogP contribution in [0, 0.1) is 17.8 Å². The van der Waals surface area contributed by atoms with Crippen molar-refractivity contribution < 1.29 is 24.4 Å². The number of hydrogen-bond acceptors (Lipinski definition) is 8. The van der Waals surface area contributed by atoms with Gasteiger partial charge in [0.05, 0.1) is 20.3 Å². The average molecular weight is 573 g/mol. The molecule has 1 spiro atoms. The second kappa shape index (κ2) is 10.9. The summed E-state index contributed by atoms with van der Waals surface area (Å²) in [6.07, 6.45) is 3.66. The fraction of sp³-hybridized carbons (Fsp3) is 0.364. The molecule has 0 radical (unpaired) electrons. The SMILES string of the molecule is C=CCSC1=N[C@@H](c2ccc(OC)cc2)[C@@H]2C[C@H](C)C[C@@H]3[C@H](c4ccc(OC)cc4)c4ccc(O)c(O)c4O[C@]32N1. The van der Waals surface area contributed by atoms with E-state index in [9.17, 15) is 10.2 Å². The number of methoxy groups -OCH3 is 2. The maximum absolute atomic E-state index is 11.2. The molecule has 214 valence electrons. The van der Waals surface area contributed by atoms with Crippen LogP contribution in [0.2, 0.25) is 0 Å². The lowest BCUT2D eigenvalue weighted by Crippen LogP contribution is -2.70. The van der Waals surface area contributed by atoms with E-state index in [0.29, 0.717) is 17.4 Å². The van der Waals surface area contributed by atoms with Gasteiger partial charge in [-0.2, -0.15) is 0 Å². The van der Waals surface area contributed by atoms with E-state index in [1.165, 1.54) is 0 Å². The first kappa shape index (κ1) is 27.4. The van der Waals surface area contributed by atoms with Crippen LogP contribution in [-0.4, -0.2) is 41.1 Å². The Hall–Kier alpha value is -3.78. The molecule has 1 aliphatic carbocycles. The first-order chi connectivity index (χ1) is 19.9. The summed E-state index contributed by atoms with van der Waals surface area (Å²) in [6.45, 7) is 6.21. The topological polar surface area (TPSA) is 92.5 Å². The highest BCUT2D eigenvalue weighted by Gasteiger charge is 2.62. The zero-order chi connectivity index (χ0) is 28.7. The summed E-state index contributed by atoms with van der Waals surface area (Å²) < 4.78 is 17.9. The summed E-state index contributed by atoms with van der Waals surface area (Å²) >= 11 is 1.59. The van der Waals surface area contributed by atoms with Crippen molar-refractivity contribution in [3.8, 4) is 28.7 Å². The number of ether oxygens (including phenoxy) is 3. The van der Waals surface area contributed by atoms with Gasteiger partial charge in [0, 0.05) is 29.1 Å². The Balaban J connectivity index is 1.56. The number of rotatable bonds is 6. The molecule has 7 nitrogen and oxygen atoms in total. The van der Waals surface area contributed by atoms with Crippen molar-refractivity contribution in [2.24, 2.45) is 22.7 Å². The number of amidine groups is 1. The van der Waals surface area contributed by atoms with Gasteiger partial charge in [-0.25, -0.2) is 0 Å². The molecule has 6 rings (SSSR count). The van der Waals surface area contributed by atoms with Gasteiger partial charge in [-0.3, -0.25) is 4.99 Å². The first-order valence-electron chi connectivity index (χ1n) is 14.0. The van der Waals surface area contributed by atoms with Crippen molar-refractivity contribution in [2.45, 2.75) is 37.5 Å². The van der Waals surface area contributed by atoms with Crippen LogP contribution >= 0.6 is 11.8 Å². The van der Waals surface area contributed by atoms with E-state index < -0.39 is 5.72 Å². The molecule has 0 bridgehead atoms. The minimum Gasteiger partial charge on any atom is -0.504 e. The standard InChI is InChI=1S/C33H36N2O5S/c1-5-16-41-32-34-29(21-8-12-23(39-4)13-9-21)26-18-19(2)17-25-28(20-6-10-22(38-3)11-7-20)24-14-15-27(36)30(37)31(24)40-33(25,26)35-32/h5-15,19,25-26,28-29,36-37H,1,16-18H2,2-4H3,(H,34,35)/t19-,25-,26+,28-,29+,33-/m1/s1. The predicted molar refractivity (Wildman–Crippen MR) is 162 cm³/mol. The lowest BCUT2D eigenvalue weighted by atomic mass is 9.58. The van der Waals surface area contributed by atoms with E-state index in [2.05, 4.69) is 43.1 Å². The average Bonchev–Trinajstić information content (AvgIpc) is 3.00. The van der Waals surface area contributed by atoms with Crippen molar-refractivity contribution in [2.75, 3.05) is 20.0 Å². The maximum Gasteiger partial charge on any atom is 0.200 e. The lowest BCUT2D eigenvalue weighted by Gasteiger charge is -2.59. The van der Waals surface area contributed by atoms with Gasteiger partial charge >= 0.3 is 0 Å². The molecule has 8 heteroatoms. The third-order valence-electron chi connectivity index (χ3n) is 8.77. The highest BCUT2D eigenvalue weighted by Crippen LogP contribution is 2.61. The van der Waals surface area contributed by atoms with Crippen molar-refractivity contribution in [3.63, 3.8) is 0 Å². The van der Waals surface area contributed by atoms with Crippen LogP contribution < -0.4 is 19.5 Å². The summed E-state index contributed by atoms with van der Waals surface area (Å²) in [6, 6.07) is 19.5. The molecule has 3 aliphatic rings. The number of aliphatic imine (C=N–C) groups is 1. The molecule has 1 fully saturated rings. The molecule has 41 heavy (non-hydrogen) atoms. The van der Waals surface area contributed by atoms with Crippen LogP contribution in [0.3, 0.4) is 0 Å². The second-order valence-electron chi connectivity index (χ2n) is 11.2. The van der Waals surface area contributed by atoms with Gasteiger partial charge < -0.3 is 29.7 Å². The summed E-state index contributed by atoms with van der Waals surface area (Å²) in [5, 5.41) is 26.3. The van der Waals surface area contributed by atoms with Gasteiger partial charge in [-0.15, -0.1) is 6.58 Å². The van der Waals surface area contributed by atoms with Gasteiger partial charge in [-0.05, 0) is 60.2 Å². The third-order valence-corrected chi connectivity index (χ3v) is 9.66. The molecular weight excluding hydrogens is 536 g/mol. The van der Waals surface area contributed by atoms with Crippen molar-refractivity contribution in [1.29, 1.82) is 0 Å². The molecular formula is C33H36N2O5S. The number of benzene rings is 3. The van der Waals surface area contributed by atoms with Crippen LogP contribution in [0.4, 0.5) is 0 Å². The monoisotopic (exact) mass is 572 g/mol. The summed E-state index contributed by atoms with van der Waals surface area (Å²) in [5.74, 6) is 2.41. The zero-order valence-corrected chi connectivity index (χ0v) is 24.4. The number of nitrogens with one attached hydrogen (secondary N) is 1. The molecule has 2 heterocycles. The molecule has 3 aromatic carbocycles. The van der Waals surface area contributed by atoms with Gasteiger partial charge in [0.15, 0.2) is 22.4 Å². The Morgan fingerprint density at radius 2 is 1.61 bits per heavy atom. The molecule has 1 saturated carbocycles. The normalized spacial score (nSPS) is 28.1. The van der Waals surface area contributed by atoms with E-state index >= 15 is 0 Å². The smallest absolute Gasteiger partial charge is 0.200 e. The highest BCUT2D eigenvalue weighted by molar-refractivity contribution is 8.13. The van der Waals surface area contributed by atoms with Crippen LogP contribution in [-0.2, 0) is 0 Å². The minimum absolute atomic E-state index is 0.0108. The maximum atomic E-state index is 11.2. The van der Waals surface area contributed by atoms with Crippen molar-refractivity contribution >= 4 is 16.9 Å². The Kier molecular flexibility index (Phi) is 7.28. The van der Waals surface area contributed by atoms with E-state index in [1.54, 1.807) is 32.0 Å². The summed E-state index contributed by atoms with van der Waals surface area (Å²) in [5.41, 5.74) is 2.16. The van der Waals surface area contributed by atoms with Gasteiger partial charge in [0.1, 0.15) is 11.5 Å². The lowest BCUT2D eigenvalue weighted by molar-refractivity contribution is -0.127. The van der Waals surface area contributed by atoms with Gasteiger partial charge in [0.25, 0.3) is 0 Å². The summed E-state index contributed by atoms with van der Waals surface area (Å²) in [7, 11) is 3.33. The van der Waals surface area contributed by atoms with E-state index in [4.69, 9.17) is 19.2 Å². The highest BCUT2D eigenvalue weighted by atomic mass is 32.2. The summed E-state index contributed by atoms with van der Waals surface area (Å²) in [4.78, 5) is 5.24. The van der Waals surface area contributed by atoms with Crippen LogP contribution in [0.25, 0.3) is 0 Å². The fourth-order valence-electron chi connectivity index (χ4n) is 6.97. The van der Waals surface area contributed by atoms with Crippen molar-refractivity contribution in [1.82, 2.24) is 5.32 Å². The fourth-order valence-corrected chi connectivity index (χ4v) is 7.67. The molecule has 3 N–H and O–H groups in total. The molecule has 0 unspecified atom stereocenters. The number of aromatic hydroxyl groups is 2. The molecule has 0 amide bonds. The first-order valence-corrected chi connectivity index (χ1v) is 15.0. The second-order valence-corrected chi connectivity index (χ2v) is 12.2. The Morgan fingerprint density at radius 3 is 2.24 bits per heavy atom. The van der Waals surface area contributed by atoms with Crippen LogP contribution in [0.5, 0.6) is 28.7 Å². The van der Waals surface area contributed by atoms with Crippen LogP contribution in [0.1, 0.15) is 48.4 Å². The number of nitrogens with zero attached hydrogens (tertiary/aromatic N) is 1. The predicted octanol–water partition coefficient (Wildman–Crippen LogP) is 6.62. The Morgan fingerprint density at radius 1 is 0.976 bits per heavy atom. The number of hydrogen-bond donors (Lipinski definition) is 3. The largest absolute Gasteiger partial charge is 0.504 e. The molecule has 6 atom stereocenters. The molecule has 2 aliphatic heterocycles. The number of thioether (sulfide) groups is 1. The third kappa shape index (κ3) is 4.68. The zero-order valence-electron chi connectivity index (χ0n) is 23.5. The van der Waals surface area contributed by atoms with E-state index in [1.807, 2.05) is 36.4 Å². The number of fused-ring (bicyclic) bond motifs is 1. The quantitative estimate of drug-likeness (QED) is 0.226. The Labute approximate surface area is 245 Å². The van der Waals surface area contributed by atoms with Crippen LogP contribution in [0.15, 0.2) is 78.3 Å². The van der Waals surface area contributed by atoms with E-state index in [-0.39, 0.29) is 35.3 Å². The van der Waals surface area contributed by atoms with Gasteiger partial charge in [-0.1, -0.05) is 55.1 Å². The van der Waals surface area contributed by atoms with Crippen molar-refractivity contribution in [3.05, 3.63) is 90.0 Å². The molecule has 3 aromatic rings. The van der Waals surface area contributed by atoms with Gasteiger partial charge in [0.2, 0.25) is 5.75 Å². The minimum atomic E-state index is -0.884.